The lowest BCUT2D eigenvalue weighted by atomic mass is 9.97. The topological polar surface area (TPSA) is 136 Å². The minimum absolute atomic E-state index is 0.00138. The van der Waals surface area contributed by atoms with Crippen LogP contribution in [-0.2, 0) is 14.3 Å². The van der Waals surface area contributed by atoms with Crippen LogP contribution in [0.3, 0.4) is 0 Å². The van der Waals surface area contributed by atoms with Gasteiger partial charge >= 0.3 is 11.9 Å². The van der Waals surface area contributed by atoms with Crippen LogP contribution >= 0.6 is 0 Å². The normalized spacial score (nSPS) is 16.2. The number of benzene rings is 2. The summed E-state index contributed by atoms with van der Waals surface area (Å²) < 4.78 is 5.05. The Balaban J connectivity index is 0.000000169. The van der Waals surface area contributed by atoms with Gasteiger partial charge in [-0.1, -0.05) is 36.4 Å². The van der Waals surface area contributed by atoms with Crippen LogP contribution in [0.25, 0.3) is 21.8 Å². The highest BCUT2D eigenvalue weighted by atomic mass is 16.5. The van der Waals surface area contributed by atoms with Crippen LogP contribution in [0.5, 0.6) is 0 Å². The smallest absolute Gasteiger partial charge is 0.309 e. The molecule has 0 spiro atoms. The van der Waals surface area contributed by atoms with E-state index in [4.69, 9.17) is 9.84 Å². The number of hydrogen-bond acceptors (Lipinski definition) is 5. The molecular formula is C32H36N4O6. The van der Waals surface area contributed by atoms with Crippen molar-refractivity contribution in [2.75, 3.05) is 32.8 Å². The lowest BCUT2D eigenvalue weighted by molar-refractivity contribution is -0.149. The molecular weight excluding hydrogens is 536 g/mol. The number of hydrogen-bond donors (Lipinski definition) is 3. The molecule has 0 unspecified atom stereocenters. The van der Waals surface area contributed by atoms with Gasteiger partial charge in [-0.2, -0.15) is 0 Å². The van der Waals surface area contributed by atoms with E-state index in [1.807, 2.05) is 67.6 Å². The maximum absolute atomic E-state index is 12.6. The molecule has 2 aliphatic rings. The van der Waals surface area contributed by atoms with E-state index in [1.54, 1.807) is 9.80 Å². The number of piperidine rings is 2. The number of aliphatic carboxylic acids is 1. The maximum Gasteiger partial charge on any atom is 0.309 e. The number of carbonyl (C=O) groups is 4. The fourth-order valence-corrected chi connectivity index (χ4v) is 5.63. The van der Waals surface area contributed by atoms with Crippen LogP contribution in [0.1, 0.15) is 53.6 Å². The molecule has 10 nitrogen and oxygen atoms in total. The highest BCUT2D eigenvalue weighted by Gasteiger charge is 2.30. The lowest BCUT2D eigenvalue weighted by Gasteiger charge is -2.30. The number of ether oxygens (including phenoxy) is 1. The molecule has 220 valence electrons. The fourth-order valence-electron chi connectivity index (χ4n) is 5.63. The summed E-state index contributed by atoms with van der Waals surface area (Å²) in [6.07, 6.45) is 2.40. The number of carbonyl (C=O) groups excluding carboxylic acids is 3. The third-order valence-electron chi connectivity index (χ3n) is 8.05. The molecule has 0 aliphatic carbocycles. The first-order chi connectivity index (χ1) is 20.3. The number of carboxylic acids is 1. The van der Waals surface area contributed by atoms with Crippen LogP contribution in [0.2, 0.25) is 0 Å². The number of amides is 2. The molecule has 2 aromatic heterocycles. The van der Waals surface area contributed by atoms with E-state index in [0.717, 1.165) is 21.8 Å². The van der Waals surface area contributed by atoms with Crippen molar-refractivity contribution < 1.29 is 29.0 Å². The van der Waals surface area contributed by atoms with Gasteiger partial charge in [-0.3, -0.25) is 19.2 Å². The van der Waals surface area contributed by atoms with Crippen molar-refractivity contribution in [3.63, 3.8) is 0 Å². The Morgan fingerprint density at radius 2 is 1.17 bits per heavy atom. The van der Waals surface area contributed by atoms with E-state index in [0.29, 0.717) is 69.9 Å². The summed E-state index contributed by atoms with van der Waals surface area (Å²) in [5, 5.41) is 11.0. The van der Waals surface area contributed by atoms with Gasteiger partial charge in [-0.15, -0.1) is 0 Å². The predicted octanol–water partition coefficient (Wildman–Crippen LogP) is 4.69. The molecule has 0 bridgehead atoms. The highest BCUT2D eigenvalue weighted by molar-refractivity contribution is 5.99. The van der Waals surface area contributed by atoms with Gasteiger partial charge in [-0.25, -0.2) is 0 Å². The van der Waals surface area contributed by atoms with Gasteiger partial charge in [0, 0.05) is 48.0 Å². The Bertz CT molecular complexity index is 1510. The Hall–Kier alpha value is -4.60. The quantitative estimate of drug-likeness (QED) is 0.297. The number of carboxylic acid groups (broad SMARTS) is 1. The Kier molecular flexibility index (Phi) is 8.90. The van der Waals surface area contributed by atoms with Crippen molar-refractivity contribution in [2.24, 2.45) is 11.8 Å². The van der Waals surface area contributed by atoms with Crippen molar-refractivity contribution in [1.29, 1.82) is 0 Å². The molecule has 10 heteroatoms. The van der Waals surface area contributed by atoms with Crippen LogP contribution in [0.15, 0.2) is 60.7 Å². The minimum atomic E-state index is -0.761. The van der Waals surface area contributed by atoms with Crippen molar-refractivity contribution in [3.8, 4) is 0 Å². The number of H-pyrrole nitrogens is 2. The SMILES string of the molecule is CCOC(=O)C1CCN(C(=O)c2cc3ccccc3[nH]2)CC1.O=C(O)C1CCN(C(=O)c2cc3ccccc3[nH]2)CC1. The van der Waals surface area contributed by atoms with E-state index in [2.05, 4.69) is 9.97 Å². The third kappa shape index (κ3) is 6.48. The molecule has 2 fully saturated rings. The van der Waals surface area contributed by atoms with E-state index >= 15 is 0 Å². The summed E-state index contributed by atoms with van der Waals surface area (Å²) in [4.78, 5) is 57.4. The molecule has 2 amide bonds. The predicted molar refractivity (Wildman–Crippen MR) is 158 cm³/mol. The molecule has 2 saturated heterocycles. The Morgan fingerprint density at radius 3 is 1.57 bits per heavy atom. The van der Waals surface area contributed by atoms with Crippen molar-refractivity contribution in [3.05, 3.63) is 72.1 Å². The first-order valence-electron chi connectivity index (χ1n) is 14.5. The second kappa shape index (κ2) is 12.9. The van der Waals surface area contributed by atoms with Crippen LogP contribution in [-0.4, -0.2) is 81.4 Å². The van der Waals surface area contributed by atoms with Crippen LogP contribution in [0, 0.1) is 11.8 Å². The lowest BCUT2D eigenvalue weighted by Crippen LogP contribution is -2.40. The number of esters is 1. The van der Waals surface area contributed by atoms with Crippen molar-refractivity contribution in [2.45, 2.75) is 32.6 Å². The van der Waals surface area contributed by atoms with Gasteiger partial charge in [0.1, 0.15) is 11.4 Å². The molecule has 0 radical (unpaired) electrons. The summed E-state index contributed by atoms with van der Waals surface area (Å²) in [5.41, 5.74) is 3.08. The second-order valence-corrected chi connectivity index (χ2v) is 10.8. The Labute approximate surface area is 243 Å². The van der Waals surface area contributed by atoms with E-state index < -0.39 is 5.97 Å². The van der Waals surface area contributed by atoms with Gasteiger partial charge in [0.15, 0.2) is 0 Å². The summed E-state index contributed by atoms with van der Waals surface area (Å²) in [7, 11) is 0. The number of aromatic nitrogens is 2. The molecule has 42 heavy (non-hydrogen) atoms. The molecule has 0 saturated carbocycles. The zero-order valence-electron chi connectivity index (χ0n) is 23.7. The molecule has 2 aromatic carbocycles. The molecule has 0 atom stereocenters. The van der Waals surface area contributed by atoms with Crippen LogP contribution in [0.4, 0.5) is 0 Å². The first kappa shape index (κ1) is 28.9. The molecule has 3 N–H and O–H groups in total. The molecule has 6 rings (SSSR count). The summed E-state index contributed by atoms with van der Waals surface area (Å²) >= 11 is 0. The number of nitrogens with zero attached hydrogens (tertiary/aromatic N) is 2. The summed E-state index contributed by atoms with van der Waals surface area (Å²) in [6.45, 7) is 4.42. The summed E-state index contributed by atoms with van der Waals surface area (Å²) in [5.74, 6) is -1.35. The second-order valence-electron chi connectivity index (χ2n) is 10.8. The zero-order valence-corrected chi connectivity index (χ0v) is 23.7. The van der Waals surface area contributed by atoms with E-state index in [1.165, 1.54) is 0 Å². The number of likely N-dealkylation sites (tertiary alicyclic amines) is 2. The van der Waals surface area contributed by atoms with Gasteiger partial charge in [0.05, 0.1) is 18.4 Å². The van der Waals surface area contributed by atoms with E-state index in [-0.39, 0.29) is 29.6 Å². The number of rotatable bonds is 5. The monoisotopic (exact) mass is 572 g/mol. The molecule has 4 aromatic rings. The average molecular weight is 573 g/mol. The van der Waals surface area contributed by atoms with Crippen molar-refractivity contribution >= 4 is 45.6 Å². The van der Waals surface area contributed by atoms with Gasteiger partial charge in [0.25, 0.3) is 11.8 Å². The van der Waals surface area contributed by atoms with Gasteiger partial charge in [-0.05, 0) is 56.9 Å². The first-order valence-corrected chi connectivity index (χ1v) is 14.5. The number of fused-ring (bicyclic) bond motifs is 2. The fraction of sp³-hybridized carbons (Fsp3) is 0.375. The highest BCUT2D eigenvalue weighted by Crippen LogP contribution is 2.23. The van der Waals surface area contributed by atoms with Gasteiger partial charge in [0.2, 0.25) is 0 Å². The molecule has 4 heterocycles. The van der Waals surface area contributed by atoms with E-state index in [9.17, 15) is 19.2 Å². The average Bonchev–Trinajstić information content (AvgIpc) is 3.66. The zero-order chi connectivity index (χ0) is 29.6. The third-order valence-corrected chi connectivity index (χ3v) is 8.05. The van der Waals surface area contributed by atoms with Gasteiger partial charge < -0.3 is 29.6 Å². The van der Waals surface area contributed by atoms with Crippen LogP contribution < -0.4 is 0 Å². The maximum atomic E-state index is 12.6. The number of para-hydroxylation sites is 2. The number of nitrogens with one attached hydrogen (secondary N) is 2. The Morgan fingerprint density at radius 1 is 0.738 bits per heavy atom. The largest absolute Gasteiger partial charge is 0.481 e. The summed E-state index contributed by atoms with van der Waals surface area (Å²) in [6, 6.07) is 19.3. The standard InChI is InChI=1S/C17H20N2O3.C15H16N2O3/c1-2-22-17(21)12-7-9-19(10-8-12)16(20)15-11-13-5-3-4-6-14(13)18-15;18-14(17-7-5-10(6-8-17)15(19)20)13-9-11-3-1-2-4-12(11)16-13/h3-6,11-12,18H,2,7-10H2,1H3;1-4,9-10,16H,5-8H2,(H,19,20). The molecule has 2 aliphatic heterocycles. The number of aromatic amines is 2. The minimum Gasteiger partial charge on any atom is -0.481 e. The van der Waals surface area contributed by atoms with Crippen molar-refractivity contribution in [1.82, 2.24) is 19.8 Å².